The molecular weight excluding hydrogens is 320 g/mol. The molecule has 1 N–H and O–H groups in total. The maximum atomic E-state index is 11.6. The second-order valence-electron chi connectivity index (χ2n) is 4.83. The van der Waals surface area contributed by atoms with Gasteiger partial charge in [0.2, 0.25) is 0 Å². The van der Waals surface area contributed by atoms with Gasteiger partial charge in [0.05, 0.1) is 11.0 Å². The third kappa shape index (κ3) is 2.82. The molecule has 2 aromatic carbocycles. The zero-order chi connectivity index (χ0) is 15.7. The van der Waals surface area contributed by atoms with Gasteiger partial charge in [-0.1, -0.05) is 47.6 Å². The highest BCUT2D eigenvalue weighted by Crippen LogP contribution is 2.36. The van der Waals surface area contributed by atoms with E-state index in [1.165, 1.54) is 11.8 Å². The number of hydrogen-bond acceptors (Lipinski definition) is 3. The number of rotatable bonds is 4. The van der Waals surface area contributed by atoms with Gasteiger partial charge in [0, 0.05) is 12.1 Å². The van der Waals surface area contributed by atoms with Gasteiger partial charge in [-0.3, -0.25) is 4.79 Å². The summed E-state index contributed by atoms with van der Waals surface area (Å²) in [5.41, 5.74) is 2.52. The zero-order valence-corrected chi connectivity index (χ0v) is 13.3. The van der Waals surface area contributed by atoms with Crippen LogP contribution in [0.1, 0.15) is 10.8 Å². The number of aryl methyl sites for hydroxylation is 1. The Kier molecular flexibility index (Phi) is 4.09. The van der Waals surface area contributed by atoms with E-state index in [-0.39, 0.29) is 0 Å². The van der Waals surface area contributed by atoms with Crippen molar-refractivity contribution in [2.75, 3.05) is 0 Å². The number of aromatic nitrogens is 2. The minimum Gasteiger partial charge on any atom is -0.480 e. The summed E-state index contributed by atoms with van der Waals surface area (Å²) in [6.07, 6.45) is 0. The quantitative estimate of drug-likeness (QED) is 0.729. The van der Waals surface area contributed by atoms with Gasteiger partial charge in [-0.15, -0.1) is 0 Å². The number of imidazole rings is 1. The molecule has 1 atom stereocenters. The van der Waals surface area contributed by atoms with E-state index in [0.29, 0.717) is 15.7 Å². The van der Waals surface area contributed by atoms with Gasteiger partial charge in [0.15, 0.2) is 5.16 Å². The van der Waals surface area contributed by atoms with E-state index in [4.69, 9.17) is 11.6 Å². The lowest BCUT2D eigenvalue weighted by molar-refractivity contribution is -0.136. The topological polar surface area (TPSA) is 55.1 Å². The molecule has 0 fully saturated rings. The molecule has 0 spiro atoms. The summed E-state index contributed by atoms with van der Waals surface area (Å²) >= 11 is 7.08. The van der Waals surface area contributed by atoms with E-state index in [2.05, 4.69) is 4.98 Å². The molecule has 0 aliphatic carbocycles. The summed E-state index contributed by atoms with van der Waals surface area (Å²) in [6, 6.07) is 14.6. The van der Waals surface area contributed by atoms with E-state index in [1.807, 2.05) is 35.9 Å². The Balaban J connectivity index is 1.98. The highest BCUT2D eigenvalue weighted by Gasteiger charge is 2.24. The Morgan fingerprint density at radius 3 is 2.55 bits per heavy atom. The first-order chi connectivity index (χ1) is 10.6. The molecule has 0 radical (unpaired) electrons. The summed E-state index contributed by atoms with van der Waals surface area (Å²) in [5, 5.41) is 10.1. The van der Waals surface area contributed by atoms with Crippen molar-refractivity contribution in [3.05, 3.63) is 59.1 Å². The lowest BCUT2D eigenvalue weighted by atomic mass is 10.1. The number of carboxylic acids is 1. The highest BCUT2D eigenvalue weighted by molar-refractivity contribution is 8.00. The van der Waals surface area contributed by atoms with Crippen LogP contribution in [0, 0.1) is 0 Å². The molecule has 0 aliphatic rings. The number of carbonyl (C=O) groups is 1. The fraction of sp³-hybridized carbons (Fsp3) is 0.125. The Morgan fingerprint density at radius 1 is 1.23 bits per heavy atom. The minimum atomic E-state index is -0.903. The molecule has 0 bridgehead atoms. The van der Waals surface area contributed by atoms with Crippen LogP contribution in [-0.4, -0.2) is 20.6 Å². The minimum absolute atomic E-state index is 0.584. The van der Waals surface area contributed by atoms with Crippen molar-refractivity contribution >= 4 is 40.4 Å². The van der Waals surface area contributed by atoms with Crippen LogP contribution in [0.5, 0.6) is 0 Å². The van der Waals surface area contributed by atoms with Crippen molar-refractivity contribution < 1.29 is 9.90 Å². The second-order valence-corrected chi connectivity index (χ2v) is 6.34. The summed E-state index contributed by atoms with van der Waals surface area (Å²) < 4.78 is 1.91. The molecule has 0 saturated heterocycles. The van der Waals surface area contributed by atoms with Crippen LogP contribution in [0.15, 0.2) is 53.7 Å². The largest absolute Gasteiger partial charge is 0.480 e. The van der Waals surface area contributed by atoms with E-state index in [9.17, 15) is 9.90 Å². The third-order valence-electron chi connectivity index (χ3n) is 3.37. The van der Waals surface area contributed by atoms with Gasteiger partial charge < -0.3 is 9.67 Å². The first-order valence-corrected chi connectivity index (χ1v) is 7.88. The molecule has 1 aromatic heterocycles. The van der Waals surface area contributed by atoms with Crippen LogP contribution in [0.2, 0.25) is 5.02 Å². The molecule has 4 nitrogen and oxygen atoms in total. The lowest BCUT2D eigenvalue weighted by Crippen LogP contribution is -2.09. The predicted octanol–water partition coefficient (Wildman–Crippen LogP) is 4.14. The smallest absolute Gasteiger partial charge is 0.321 e. The second kappa shape index (κ2) is 6.02. The molecule has 0 aliphatic heterocycles. The summed E-state index contributed by atoms with van der Waals surface area (Å²) in [6.45, 7) is 0. The number of aliphatic carboxylic acids is 1. The number of fused-ring (bicyclic) bond motifs is 1. The normalized spacial score (nSPS) is 12.5. The molecule has 22 heavy (non-hydrogen) atoms. The molecule has 1 heterocycles. The SMILES string of the molecule is Cn1c(SC(C(=O)O)c2ccc(Cl)cc2)nc2ccccc21. The molecule has 3 rings (SSSR count). The van der Waals surface area contributed by atoms with Crippen LogP contribution < -0.4 is 0 Å². The number of benzene rings is 2. The van der Waals surface area contributed by atoms with Crippen molar-refractivity contribution in [1.82, 2.24) is 9.55 Å². The molecule has 6 heteroatoms. The molecule has 1 unspecified atom stereocenters. The van der Waals surface area contributed by atoms with Crippen LogP contribution >= 0.6 is 23.4 Å². The summed E-state index contributed by atoms with van der Waals surface area (Å²) in [4.78, 5) is 16.1. The van der Waals surface area contributed by atoms with Gasteiger partial charge >= 0.3 is 5.97 Å². The van der Waals surface area contributed by atoms with Crippen molar-refractivity contribution in [2.45, 2.75) is 10.4 Å². The van der Waals surface area contributed by atoms with Crippen molar-refractivity contribution in [3.63, 3.8) is 0 Å². The molecular formula is C16H13ClN2O2S. The van der Waals surface area contributed by atoms with Crippen LogP contribution in [0.3, 0.4) is 0 Å². The number of thioether (sulfide) groups is 1. The van der Waals surface area contributed by atoms with Crippen LogP contribution in [-0.2, 0) is 11.8 Å². The number of halogens is 1. The Hall–Kier alpha value is -1.98. The Morgan fingerprint density at radius 2 is 1.91 bits per heavy atom. The Labute approximate surface area is 136 Å². The van der Waals surface area contributed by atoms with Gasteiger partial charge in [-0.25, -0.2) is 4.98 Å². The summed E-state index contributed by atoms with van der Waals surface area (Å²) in [5.74, 6) is -0.903. The summed E-state index contributed by atoms with van der Waals surface area (Å²) in [7, 11) is 1.89. The van der Waals surface area contributed by atoms with E-state index < -0.39 is 11.2 Å². The number of hydrogen-bond donors (Lipinski definition) is 1. The first-order valence-electron chi connectivity index (χ1n) is 6.62. The van der Waals surface area contributed by atoms with Crippen molar-refractivity contribution in [2.24, 2.45) is 7.05 Å². The number of carboxylic acid groups (broad SMARTS) is 1. The third-order valence-corrected chi connectivity index (χ3v) is 4.90. The average Bonchev–Trinajstić information content (AvgIpc) is 2.82. The maximum absolute atomic E-state index is 11.6. The van der Waals surface area contributed by atoms with Crippen molar-refractivity contribution in [1.29, 1.82) is 0 Å². The molecule has 0 amide bonds. The molecule has 112 valence electrons. The first kappa shape index (κ1) is 14.9. The van der Waals surface area contributed by atoms with Gasteiger partial charge in [-0.2, -0.15) is 0 Å². The van der Waals surface area contributed by atoms with E-state index >= 15 is 0 Å². The Bertz CT molecular complexity index is 830. The number of para-hydroxylation sites is 2. The van der Waals surface area contributed by atoms with E-state index in [0.717, 1.165) is 11.0 Å². The van der Waals surface area contributed by atoms with E-state index in [1.54, 1.807) is 24.3 Å². The zero-order valence-electron chi connectivity index (χ0n) is 11.7. The predicted molar refractivity (Wildman–Crippen MR) is 88.4 cm³/mol. The fourth-order valence-electron chi connectivity index (χ4n) is 2.23. The van der Waals surface area contributed by atoms with Crippen LogP contribution in [0.25, 0.3) is 11.0 Å². The molecule has 3 aromatic rings. The van der Waals surface area contributed by atoms with Crippen LogP contribution in [0.4, 0.5) is 0 Å². The van der Waals surface area contributed by atoms with Crippen molar-refractivity contribution in [3.8, 4) is 0 Å². The maximum Gasteiger partial charge on any atom is 0.321 e. The standard InChI is InChI=1S/C16H13ClN2O2S/c1-19-13-5-3-2-4-12(13)18-16(19)22-14(15(20)21)10-6-8-11(17)9-7-10/h2-9,14H,1H3,(H,20,21). The average molecular weight is 333 g/mol. The highest BCUT2D eigenvalue weighted by atomic mass is 35.5. The van der Waals surface area contributed by atoms with Gasteiger partial charge in [0.25, 0.3) is 0 Å². The lowest BCUT2D eigenvalue weighted by Gasteiger charge is -2.12. The number of nitrogens with zero attached hydrogens (tertiary/aromatic N) is 2. The monoisotopic (exact) mass is 332 g/mol. The van der Waals surface area contributed by atoms with Gasteiger partial charge in [0.1, 0.15) is 5.25 Å². The van der Waals surface area contributed by atoms with Gasteiger partial charge in [-0.05, 0) is 29.8 Å². The fourth-order valence-corrected chi connectivity index (χ4v) is 3.37. The molecule has 0 saturated carbocycles.